The molecule has 1 saturated carbocycles. The standard InChI is InChI=1S/C25H21N7O5/c33-24-27(18-6-2-1-3-7-18)25-17-5-4-8-23(25)26-29(20-11-15-22(16-12-20)31(36)37)32(25)28(24)19-9-13-21(14-10-19)30(34)35/h1-3,6-7,9-16H,4-5,8,17H2. The van der Waals surface area contributed by atoms with Gasteiger partial charge in [0.15, 0.2) is 5.66 Å². The fourth-order valence-electron chi connectivity index (χ4n) is 5.29. The van der Waals surface area contributed by atoms with Crippen LogP contribution in [0, 0.1) is 20.2 Å². The maximum absolute atomic E-state index is 14.2. The number of nitro benzene ring substituents is 2. The first-order valence-corrected chi connectivity index (χ1v) is 11.8. The van der Waals surface area contributed by atoms with Crippen LogP contribution >= 0.6 is 0 Å². The van der Waals surface area contributed by atoms with Crippen LogP contribution in [0.2, 0.25) is 0 Å². The minimum Gasteiger partial charge on any atom is -0.265 e. The third-order valence-corrected chi connectivity index (χ3v) is 6.92. The molecule has 0 radical (unpaired) electrons. The second-order valence-corrected chi connectivity index (χ2v) is 8.96. The van der Waals surface area contributed by atoms with E-state index < -0.39 is 15.5 Å². The molecule has 3 aromatic carbocycles. The van der Waals surface area contributed by atoms with Crippen molar-refractivity contribution in [3.05, 3.63) is 99.1 Å². The zero-order chi connectivity index (χ0) is 25.7. The van der Waals surface area contributed by atoms with E-state index in [-0.39, 0.29) is 17.4 Å². The topological polar surface area (TPSA) is 129 Å². The number of rotatable bonds is 5. The van der Waals surface area contributed by atoms with Gasteiger partial charge in [0.25, 0.3) is 11.4 Å². The molecule has 0 N–H and O–H groups in total. The Morgan fingerprint density at radius 1 is 0.757 bits per heavy atom. The molecule has 2 heterocycles. The number of carbonyl (C=O) groups excluding carboxylic acids is 1. The molecule has 2 amide bonds. The first kappa shape index (κ1) is 22.6. The largest absolute Gasteiger partial charge is 0.347 e. The fraction of sp³-hybridized carbons (Fsp3) is 0.200. The van der Waals surface area contributed by atoms with Crippen molar-refractivity contribution in [3.8, 4) is 0 Å². The Balaban J connectivity index is 1.54. The van der Waals surface area contributed by atoms with E-state index >= 15 is 0 Å². The zero-order valence-electron chi connectivity index (χ0n) is 19.5. The molecule has 1 unspecified atom stereocenters. The average molecular weight is 499 g/mol. The van der Waals surface area contributed by atoms with Gasteiger partial charge in [0.1, 0.15) is 0 Å². The number of hydrazone groups is 1. The summed E-state index contributed by atoms with van der Waals surface area (Å²) < 4.78 is 0. The number of amides is 2. The molecular weight excluding hydrogens is 478 g/mol. The normalized spacial score (nSPS) is 21.0. The van der Waals surface area contributed by atoms with Crippen molar-refractivity contribution in [2.24, 2.45) is 5.10 Å². The first-order valence-electron chi connectivity index (χ1n) is 11.8. The number of urea groups is 1. The summed E-state index contributed by atoms with van der Waals surface area (Å²) in [6, 6.07) is 20.8. The molecule has 6 rings (SSSR count). The number of anilines is 3. The number of hydrogen-bond acceptors (Lipinski definition) is 8. The van der Waals surface area contributed by atoms with Gasteiger partial charge in [-0.05, 0) is 62.1 Å². The quantitative estimate of drug-likeness (QED) is 0.347. The van der Waals surface area contributed by atoms with Crippen LogP contribution in [0.3, 0.4) is 0 Å². The van der Waals surface area contributed by atoms with Gasteiger partial charge in [0, 0.05) is 30.0 Å². The summed E-state index contributed by atoms with van der Waals surface area (Å²) in [6.07, 6.45) is 3.05. The molecule has 0 aromatic heterocycles. The molecule has 1 aliphatic carbocycles. The van der Waals surface area contributed by atoms with Crippen molar-refractivity contribution < 1.29 is 14.6 Å². The van der Waals surface area contributed by atoms with Gasteiger partial charge in [0.2, 0.25) is 0 Å². The molecule has 2 fully saturated rings. The molecule has 1 spiro atoms. The van der Waals surface area contributed by atoms with E-state index in [1.54, 1.807) is 27.3 Å². The number of non-ortho nitro benzene ring substituents is 2. The molecule has 12 nitrogen and oxygen atoms in total. The maximum Gasteiger partial charge on any atom is 0.347 e. The second-order valence-electron chi connectivity index (χ2n) is 8.96. The van der Waals surface area contributed by atoms with Crippen molar-refractivity contribution in [3.63, 3.8) is 0 Å². The van der Waals surface area contributed by atoms with E-state index in [9.17, 15) is 25.0 Å². The van der Waals surface area contributed by atoms with E-state index in [0.717, 1.165) is 18.6 Å². The molecule has 1 saturated heterocycles. The smallest absolute Gasteiger partial charge is 0.265 e. The van der Waals surface area contributed by atoms with Crippen molar-refractivity contribution in [1.82, 2.24) is 5.12 Å². The van der Waals surface area contributed by atoms with Crippen LogP contribution in [0.25, 0.3) is 0 Å². The lowest BCUT2D eigenvalue weighted by molar-refractivity contribution is -0.385. The van der Waals surface area contributed by atoms with Crippen LogP contribution in [0.5, 0.6) is 0 Å². The molecule has 186 valence electrons. The monoisotopic (exact) mass is 499 g/mol. The number of nitro groups is 2. The molecule has 37 heavy (non-hydrogen) atoms. The lowest BCUT2D eigenvalue weighted by Crippen LogP contribution is -2.61. The fourth-order valence-corrected chi connectivity index (χ4v) is 5.29. The molecule has 1 atom stereocenters. The molecule has 12 heteroatoms. The summed E-state index contributed by atoms with van der Waals surface area (Å²) >= 11 is 0. The van der Waals surface area contributed by atoms with Gasteiger partial charge >= 0.3 is 6.03 Å². The van der Waals surface area contributed by atoms with E-state index in [2.05, 4.69) is 0 Å². The predicted octanol–water partition coefficient (Wildman–Crippen LogP) is 5.23. The van der Waals surface area contributed by atoms with Crippen LogP contribution < -0.4 is 15.0 Å². The SMILES string of the molecule is O=C1N(c2ccc([N+](=O)[O-])cc2)N2N(c3ccc([N+](=O)[O-])cc3)N=C3CCCCC32N1c1ccccc1. The van der Waals surface area contributed by atoms with Crippen LogP contribution in [0.1, 0.15) is 25.7 Å². The van der Waals surface area contributed by atoms with Crippen LogP contribution in [0.4, 0.5) is 33.2 Å². The predicted molar refractivity (Wildman–Crippen MR) is 136 cm³/mol. The Morgan fingerprint density at radius 3 is 1.95 bits per heavy atom. The van der Waals surface area contributed by atoms with Gasteiger partial charge in [-0.1, -0.05) is 23.3 Å². The molecular formula is C25H21N7O5. The van der Waals surface area contributed by atoms with Crippen molar-refractivity contribution in [2.75, 3.05) is 15.0 Å². The molecule has 2 aliphatic heterocycles. The Kier molecular flexibility index (Phi) is 5.12. The third-order valence-electron chi connectivity index (χ3n) is 6.92. The van der Waals surface area contributed by atoms with E-state index in [4.69, 9.17) is 5.10 Å². The summed E-state index contributed by atoms with van der Waals surface area (Å²) in [5.41, 5.74) is 1.40. The molecule has 3 aliphatic rings. The maximum atomic E-state index is 14.2. The molecule has 0 bridgehead atoms. The van der Waals surface area contributed by atoms with Gasteiger partial charge in [-0.3, -0.25) is 25.1 Å². The zero-order valence-corrected chi connectivity index (χ0v) is 19.5. The number of hydrogen-bond donors (Lipinski definition) is 0. The highest BCUT2D eigenvalue weighted by atomic mass is 16.6. The lowest BCUT2D eigenvalue weighted by Gasteiger charge is -2.42. The minimum absolute atomic E-state index is 0.0571. The highest BCUT2D eigenvalue weighted by Crippen LogP contribution is 2.50. The van der Waals surface area contributed by atoms with Crippen LogP contribution in [0.15, 0.2) is 84.0 Å². The number of para-hydroxylation sites is 1. The second kappa shape index (κ2) is 8.38. The van der Waals surface area contributed by atoms with Crippen molar-refractivity contribution in [2.45, 2.75) is 31.3 Å². The number of carbonyl (C=O) groups is 1. The number of nitrogens with zero attached hydrogens (tertiary/aromatic N) is 7. The van der Waals surface area contributed by atoms with Gasteiger partial charge in [-0.15, -0.1) is 0 Å². The minimum atomic E-state index is -0.930. The molecule has 3 aromatic rings. The summed E-state index contributed by atoms with van der Waals surface area (Å²) in [7, 11) is 0. The van der Waals surface area contributed by atoms with Crippen molar-refractivity contribution in [1.29, 1.82) is 0 Å². The lowest BCUT2D eigenvalue weighted by atomic mass is 9.86. The van der Waals surface area contributed by atoms with Gasteiger partial charge in [-0.25, -0.2) is 9.80 Å². The highest BCUT2D eigenvalue weighted by Gasteiger charge is 2.66. The summed E-state index contributed by atoms with van der Waals surface area (Å²) in [4.78, 5) is 37.5. The summed E-state index contributed by atoms with van der Waals surface area (Å²) in [6.45, 7) is 0. The first-order chi connectivity index (χ1) is 17.9. The van der Waals surface area contributed by atoms with Crippen LogP contribution in [-0.2, 0) is 0 Å². The Hall–Kier alpha value is -4.84. The Morgan fingerprint density at radius 2 is 1.35 bits per heavy atom. The third kappa shape index (κ3) is 3.33. The summed E-state index contributed by atoms with van der Waals surface area (Å²) in [5, 5.41) is 32.2. The van der Waals surface area contributed by atoms with Crippen molar-refractivity contribution >= 4 is 40.2 Å². The van der Waals surface area contributed by atoms with Gasteiger partial charge in [-0.2, -0.15) is 10.2 Å². The van der Waals surface area contributed by atoms with Gasteiger partial charge in [0.05, 0.1) is 26.9 Å². The Labute approximate surface area is 210 Å². The van der Waals surface area contributed by atoms with Crippen LogP contribution in [-0.4, -0.2) is 32.4 Å². The van der Waals surface area contributed by atoms with E-state index in [0.29, 0.717) is 29.9 Å². The Bertz CT molecular complexity index is 1430. The number of benzene rings is 3. The average Bonchev–Trinajstić information content (AvgIpc) is 3.37. The van der Waals surface area contributed by atoms with Gasteiger partial charge < -0.3 is 0 Å². The van der Waals surface area contributed by atoms with E-state index in [1.807, 2.05) is 30.3 Å². The highest BCUT2D eigenvalue weighted by molar-refractivity contribution is 6.16. The van der Waals surface area contributed by atoms with E-state index in [1.165, 1.54) is 41.4 Å². The number of hydrazine groups is 2. The summed E-state index contributed by atoms with van der Waals surface area (Å²) in [5.74, 6) is 0.